The van der Waals surface area contributed by atoms with E-state index in [1.807, 2.05) is 42.5 Å². The number of carbonyl (C=O) groups is 1. The summed E-state index contributed by atoms with van der Waals surface area (Å²) in [5.74, 6) is 1.43. The zero-order valence-corrected chi connectivity index (χ0v) is 15.4. The first kappa shape index (κ1) is 17.0. The van der Waals surface area contributed by atoms with E-state index in [1.54, 1.807) is 16.7 Å². The lowest BCUT2D eigenvalue weighted by molar-refractivity contribution is -0.128. The molecule has 2 aromatic carbocycles. The van der Waals surface area contributed by atoms with Gasteiger partial charge in [-0.25, -0.2) is 0 Å². The smallest absolute Gasteiger partial charge is 0.266 e. The molecule has 1 amide bonds. The Morgan fingerprint density at radius 1 is 1.17 bits per heavy atom. The van der Waals surface area contributed by atoms with Crippen LogP contribution in [0.4, 0.5) is 0 Å². The van der Waals surface area contributed by atoms with Crippen LogP contribution in [0.15, 0.2) is 64.1 Å². The summed E-state index contributed by atoms with van der Waals surface area (Å²) in [6.45, 7) is 1.31. The molecule has 1 aliphatic rings. The van der Waals surface area contributed by atoms with E-state index >= 15 is 0 Å². The summed E-state index contributed by atoms with van der Waals surface area (Å²) in [4.78, 5) is 18.5. The van der Waals surface area contributed by atoms with Crippen LogP contribution < -0.4 is 4.74 Å². The van der Waals surface area contributed by atoms with E-state index in [4.69, 9.17) is 4.74 Å². The number of hydrogen-bond acceptors (Lipinski definition) is 4. The Morgan fingerprint density at radius 3 is 2.67 bits per heavy atom. The maximum Gasteiger partial charge on any atom is 0.266 e. The van der Waals surface area contributed by atoms with Crippen molar-refractivity contribution in [2.75, 3.05) is 19.7 Å². The summed E-state index contributed by atoms with van der Waals surface area (Å²) in [7, 11) is 0. The Balaban J connectivity index is 1.52. The zero-order valence-electron chi connectivity index (χ0n) is 13.0. The fourth-order valence-electron chi connectivity index (χ4n) is 2.25. The molecule has 0 bridgehead atoms. The molecule has 1 aliphatic heterocycles. The lowest BCUT2D eigenvalue weighted by atomic mass is 10.2. The quantitative estimate of drug-likeness (QED) is 0.756. The van der Waals surface area contributed by atoms with Gasteiger partial charge in [0.25, 0.3) is 5.91 Å². The zero-order chi connectivity index (χ0) is 16.8. The van der Waals surface area contributed by atoms with E-state index in [0.717, 1.165) is 15.4 Å². The van der Waals surface area contributed by atoms with E-state index in [0.29, 0.717) is 18.8 Å². The molecular formula is C18H17BrN2O2S. The summed E-state index contributed by atoms with van der Waals surface area (Å²) in [6.07, 6.45) is 0. The highest BCUT2D eigenvalue weighted by Gasteiger charge is 2.24. The third kappa shape index (κ3) is 4.61. The summed E-state index contributed by atoms with van der Waals surface area (Å²) < 4.78 is 6.60. The highest BCUT2D eigenvalue weighted by molar-refractivity contribution is 9.10. The minimum atomic E-state index is -0.0570. The number of carbonyl (C=O) groups excluding carboxylic acids is 1. The van der Waals surface area contributed by atoms with Crippen LogP contribution in [-0.2, 0) is 10.5 Å². The Bertz CT molecular complexity index is 720. The number of amidine groups is 1. The Hall–Kier alpha value is -1.79. The normalized spacial score (nSPS) is 13.7. The molecule has 0 saturated heterocycles. The second-order valence-electron chi connectivity index (χ2n) is 5.23. The van der Waals surface area contributed by atoms with Crippen molar-refractivity contribution in [1.82, 2.24) is 4.90 Å². The second kappa shape index (κ2) is 8.35. The number of amides is 1. The van der Waals surface area contributed by atoms with Crippen LogP contribution >= 0.6 is 27.7 Å². The summed E-state index contributed by atoms with van der Waals surface area (Å²) >= 11 is 5.02. The highest BCUT2D eigenvalue weighted by Crippen LogP contribution is 2.21. The second-order valence-corrected chi connectivity index (χ2v) is 7.08. The third-order valence-corrected chi connectivity index (χ3v) is 5.10. The molecule has 2 aromatic rings. The van der Waals surface area contributed by atoms with E-state index < -0.39 is 0 Å². The van der Waals surface area contributed by atoms with Gasteiger partial charge in [-0.15, -0.1) is 0 Å². The first-order valence-corrected chi connectivity index (χ1v) is 9.40. The predicted molar refractivity (Wildman–Crippen MR) is 101 cm³/mol. The fourth-order valence-corrected chi connectivity index (χ4v) is 3.53. The van der Waals surface area contributed by atoms with Crippen LogP contribution in [0.25, 0.3) is 0 Å². The van der Waals surface area contributed by atoms with Crippen molar-refractivity contribution in [2.24, 2.45) is 4.99 Å². The highest BCUT2D eigenvalue weighted by atomic mass is 79.9. The topological polar surface area (TPSA) is 41.9 Å². The molecule has 0 aliphatic carbocycles. The van der Waals surface area contributed by atoms with Gasteiger partial charge in [-0.1, -0.05) is 58.0 Å². The molecule has 0 radical (unpaired) electrons. The van der Waals surface area contributed by atoms with Gasteiger partial charge in [-0.3, -0.25) is 14.7 Å². The van der Waals surface area contributed by atoms with Crippen molar-refractivity contribution in [3.8, 4) is 5.75 Å². The number of para-hydroxylation sites is 1. The molecule has 0 spiro atoms. The molecule has 0 fully saturated rings. The Kier molecular flexibility index (Phi) is 5.93. The lowest BCUT2D eigenvalue weighted by Crippen LogP contribution is -2.36. The Labute approximate surface area is 154 Å². The number of benzene rings is 2. The summed E-state index contributed by atoms with van der Waals surface area (Å²) in [6, 6.07) is 17.5. The van der Waals surface area contributed by atoms with Crippen molar-refractivity contribution in [2.45, 2.75) is 5.75 Å². The molecule has 3 rings (SSSR count). The molecule has 0 saturated carbocycles. The molecule has 124 valence electrons. The van der Waals surface area contributed by atoms with Crippen LogP contribution in [0.2, 0.25) is 0 Å². The standard InChI is InChI=1S/C18H17BrN2O2S/c19-15-8-6-14(7-9-15)13-24-18-20-10-11-21(18)17(22)12-23-16-4-2-1-3-5-16/h1-9H,10-13H2. The predicted octanol–water partition coefficient (Wildman–Crippen LogP) is 3.96. The van der Waals surface area contributed by atoms with Gasteiger partial charge < -0.3 is 4.74 Å². The summed E-state index contributed by atoms with van der Waals surface area (Å²) in [5.41, 5.74) is 1.20. The van der Waals surface area contributed by atoms with Gasteiger partial charge in [0.2, 0.25) is 0 Å². The van der Waals surface area contributed by atoms with Gasteiger partial charge in [0.15, 0.2) is 11.8 Å². The van der Waals surface area contributed by atoms with Gasteiger partial charge in [0.1, 0.15) is 5.75 Å². The van der Waals surface area contributed by atoms with Crippen LogP contribution in [0, 0.1) is 0 Å². The number of nitrogens with zero attached hydrogens (tertiary/aromatic N) is 2. The van der Waals surface area contributed by atoms with Crippen LogP contribution in [0.3, 0.4) is 0 Å². The lowest BCUT2D eigenvalue weighted by Gasteiger charge is -2.18. The van der Waals surface area contributed by atoms with Gasteiger partial charge >= 0.3 is 0 Å². The minimum Gasteiger partial charge on any atom is -0.484 e. The number of ether oxygens (including phenoxy) is 1. The van der Waals surface area contributed by atoms with Gasteiger partial charge in [0.05, 0.1) is 6.54 Å². The molecule has 24 heavy (non-hydrogen) atoms. The van der Waals surface area contributed by atoms with E-state index in [-0.39, 0.29) is 12.5 Å². The van der Waals surface area contributed by atoms with Gasteiger partial charge in [0, 0.05) is 16.8 Å². The van der Waals surface area contributed by atoms with E-state index in [2.05, 4.69) is 33.1 Å². The van der Waals surface area contributed by atoms with Crippen molar-refractivity contribution >= 4 is 38.8 Å². The fraction of sp³-hybridized carbons (Fsp3) is 0.222. The monoisotopic (exact) mass is 404 g/mol. The molecular weight excluding hydrogens is 388 g/mol. The maximum absolute atomic E-state index is 12.4. The SMILES string of the molecule is O=C(COc1ccccc1)N1CCN=C1SCc1ccc(Br)cc1. The van der Waals surface area contributed by atoms with Gasteiger partial charge in [-0.05, 0) is 29.8 Å². The molecule has 0 aromatic heterocycles. The van der Waals surface area contributed by atoms with Gasteiger partial charge in [-0.2, -0.15) is 0 Å². The minimum absolute atomic E-state index is 0.0296. The van der Waals surface area contributed by atoms with Crippen LogP contribution in [-0.4, -0.2) is 35.7 Å². The molecule has 4 nitrogen and oxygen atoms in total. The number of halogens is 1. The van der Waals surface area contributed by atoms with Crippen molar-refractivity contribution in [3.63, 3.8) is 0 Å². The van der Waals surface area contributed by atoms with Crippen LogP contribution in [0.5, 0.6) is 5.75 Å². The van der Waals surface area contributed by atoms with E-state index in [9.17, 15) is 4.79 Å². The van der Waals surface area contributed by atoms with E-state index in [1.165, 1.54) is 5.56 Å². The Morgan fingerprint density at radius 2 is 1.92 bits per heavy atom. The third-order valence-electron chi connectivity index (χ3n) is 3.49. The maximum atomic E-state index is 12.4. The number of hydrogen-bond donors (Lipinski definition) is 0. The van der Waals surface area contributed by atoms with Crippen molar-refractivity contribution in [1.29, 1.82) is 0 Å². The first-order chi connectivity index (χ1) is 11.7. The molecule has 0 unspecified atom stereocenters. The number of thioether (sulfide) groups is 1. The average molecular weight is 405 g/mol. The summed E-state index contributed by atoms with van der Waals surface area (Å²) in [5, 5.41) is 0.777. The average Bonchev–Trinajstić information content (AvgIpc) is 3.09. The van der Waals surface area contributed by atoms with Crippen LogP contribution in [0.1, 0.15) is 5.56 Å². The van der Waals surface area contributed by atoms with Crippen molar-refractivity contribution < 1.29 is 9.53 Å². The molecule has 6 heteroatoms. The van der Waals surface area contributed by atoms with Crippen molar-refractivity contribution in [3.05, 3.63) is 64.6 Å². The molecule has 1 heterocycles. The first-order valence-electron chi connectivity index (χ1n) is 7.62. The molecule has 0 atom stereocenters. The number of rotatable bonds is 5. The molecule has 0 N–H and O–H groups in total. The number of aliphatic imine (C=N–C) groups is 1. The largest absolute Gasteiger partial charge is 0.484 e.